The van der Waals surface area contributed by atoms with Crippen LogP contribution in [0, 0.1) is 30.1 Å². The Labute approximate surface area is 176 Å². The van der Waals surface area contributed by atoms with Gasteiger partial charge in [0.2, 0.25) is 5.91 Å². The fourth-order valence-electron chi connectivity index (χ4n) is 3.80. The van der Waals surface area contributed by atoms with Crippen molar-refractivity contribution in [2.45, 2.75) is 13.3 Å². The van der Waals surface area contributed by atoms with E-state index in [0.29, 0.717) is 45.5 Å². The number of fused-ring (bicyclic) bond motifs is 2. The van der Waals surface area contributed by atoms with E-state index in [1.54, 1.807) is 24.3 Å². The van der Waals surface area contributed by atoms with Gasteiger partial charge in [0.05, 0.1) is 34.8 Å². The minimum Gasteiger partial charge on any atom is -0.383 e. The van der Waals surface area contributed by atoms with Gasteiger partial charge in [-0.25, -0.2) is 9.97 Å². The topological polar surface area (TPSA) is 151 Å². The number of hydrogen-bond donors (Lipinski definition) is 3. The number of Topliss-reactive ketones (excluding diaryl/α,β-unsaturated/α-hetero) is 1. The normalized spacial score (nSPS) is 19.0. The molecule has 31 heavy (non-hydrogen) atoms. The molecule has 1 aromatic carbocycles. The number of nitrogens with one attached hydrogen (secondary N) is 2. The predicted molar refractivity (Wildman–Crippen MR) is 113 cm³/mol. The largest absolute Gasteiger partial charge is 0.383 e. The van der Waals surface area contributed by atoms with Gasteiger partial charge in [0.25, 0.3) is 11.7 Å². The first kappa shape index (κ1) is 18.7. The third-order valence-corrected chi connectivity index (χ3v) is 5.63. The van der Waals surface area contributed by atoms with Gasteiger partial charge in [0.1, 0.15) is 11.6 Å². The number of aryl methyl sites for hydroxylation is 1. The highest BCUT2D eigenvalue weighted by atomic mass is 16.2. The number of nitrogens with zero attached hydrogens (tertiary/aromatic N) is 3. The van der Waals surface area contributed by atoms with Crippen LogP contribution in [0.2, 0.25) is 0 Å². The quantitative estimate of drug-likeness (QED) is 0.559. The van der Waals surface area contributed by atoms with E-state index in [0.717, 1.165) is 5.56 Å². The van der Waals surface area contributed by atoms with Crippen molar-refractivity contribution in [3.05, 3.63) is 41.6 Å². The zero-order valence-corrected chi connectivity index (χ0v) is 16.4. The molecule has 1 aliphatic heterocycles. The number of amides is 2. The van der Waals surface area contributed by atoms with Gasteiger partial charge >= 0.3 is 0 Å². The van der Waals surface area contributed by atoms with E-state index in [1.165, 1.54) is 6.20 Å². The van der Waals surface area contributed by atoms with Crippen LogP contribution in [0.25, 0.3) is 22.0 Å². The van der Waals surface area contributed by atoms with Crippen LogP contribution in [-0.2, 0) is 9.59 Å². The molecule has 0 spiro atoms. The molecule has 4 N–H and O–H groups in total. The number of nitriles is 1. The predicted octanol–water partition coefficient (Wildman–Crippen LogP) is 2.42. The van der Waals surface area contributed by atoms with Crippen LogP contribution in [0.4, 0.5) is 17.3 Å². The zero-order valence-electron chi connectivity index (χ0n) is 16.4. The first-order chi connectivity index (χ1) is 14.9. The molecular formula is C22H16N6O3. The van der Waals surface area contributed by atoms with Crippen LogP contribution in [0.15, 0.2) is 30.5 Å². The number of hydrogen-bond acceptors (Lipinski definition) is 7. The molecule has 5 rings (SSSR count). The van der Waals surface area contributed by atoms with Crippen LogP contribution in [0.1, 0.15) is 22.3 Å². The zero-order chi connectivity index (χ0) is 21.9. The maximum atomic E-state index is 12.2. The third kappa shape index (κ3) is 3.05. The summed E-state index contributed by atoms with van der Waals surface area (Å²) < 4.78 is 0. The van der Waals surface area contributed by atoms with E-state index in [9.17, 15) is 14.4 Å². The number of anilines is 3. The number of aromatic nitrogens is 2. The summed E-state index contributed by atoms with van der Waals surface area (Å²) in [7, 11) is 0. The Bertz CT molecular complexity index is 1370. The molecule has 2 unspecified atom stereocenters. The molecule has 2 amide bonds. The van der Waals surface area contributed by atoms with E-state index >= 15 is 0 Å². The summed E-state index contributed by atoms with van der Waals surface area (Å²) in [5.41, 5.74) is 8.95. The molecule has 9 nitrogen and oxygen atoms in total. The summed E-state index contributed by atoms with van der Waals surface area (Å²) in [6.07, 6.45) is 2.10. The molecule has 0 saturated heterocycles. The molecule has 0 bridgehead atoms. The number of rotatable bonds is 3. The second-order valence-corrected chi connectivity index (χ2v) is 7.75. The minimum atomic E-state index is -0.654. The first-order valence-corrected chi connectivity index (χ1v) is 9.63. The number of carbonyl (C=O) groups excluding carboxylic acids is 3. The van der Waals surface area contributed by atoms with Crippen molar-refractivity contribution in [1.82, 2.24) is 9.97 Å². The van der Waals surface area contributed by atoms with Crippen LogP contribution >= 0.6 is 0 Å². The Morgan fingerprint density at radius 2 is 2.06 bits per heavy atom. The maximum absolute atomic E-state index is 12.2. The fraction of sp³-hybridized carbons (Fsp3) is 0.182. The van der Waals surface area contributed by atoms with Crippen LogP contribution in [-0.4, -0.2) is 27.6 Å². The molecule has 2 aliphatic rings. The maximum Gasteiger partial charge on any atom is 0.296 e. The standard InChI is InChI=1S/C22H16N6O3/c1-9-2-16-14(19(29)22(31)27-16)6-12(9)17-4-10-5-18(25-8-15(10)20(24)26-17)28-21(30)13-3-11(13)7-23/h2,4-6,8,11,13H,3H2,1H3,(H2,24,26)(H,25,28,30)(H,27,29,31). The highest BCUT2D eigenvalue weighted by Crippen LogP contribution is 2.39. The molecule has 1 saturated carbocycles. The SMILES string of the molecule is Cc1cc2c(cc1-c1cc3cc(NC(=O)C4CC4C#N)ncc3c(N)n1)C(=O)C(=O)N2. The van der Waals surface area contributed by atoms with E-state index in [1.807, 2.05) is 6.92 Å². The minimum absolute atomic E-state index is 0.231. The number of carbonyl (C=O) groups is 3. The molecule has 3 aromatic rings. The molecular weight excluding hydrogens is 396 g/mol. The van der Waals surface area contributed by atoms with Gasteiger partial charge in [-0.1, -0.05) is 0 Å². The number of benzene rings is 1. The highest BCUT2D eigenvalue weighted by Gasteiger charge is 2.43. The molecule has 2 atom stereocenters. The van der Waals surface area contributed by atoms with Crippen molar-refractivity contribution in [3.8, 4) is 17.3 Å². The Hall–Kier alpha value is -4.32. The Morgan fingerprint density at radius 1 is 1.26 bits per heavy atom. The van der Waals surface area contributed by atoms with Crippen LogP contribution < -0.4 is 16.4 Å². The van der Waals surface area contributed by atoms with Crippen molar-refractivity contribution in [2.24, 2.45) is 11.8 Å². The summed E-state index contributed by atoms with van der Waals surface area (Å²) in [5.74, 6) is -1.40. The number of nitrogens with two attached hydrogens (primary N) is 1. The van der Waals surface area contributed by atoms with Crippen LogP contribution in [0.3, 0.4) is 0 Å². The molecule has 3 heterocycles. The molecule has 2 aromatic heterocycles. The van der Waals surface area contributed by atoms with Crippen LogP contribution in [0.5, 0.6) is 0 Å². The van der Waals surface area contributed by atoms with Crippen molar-refractivity contribution in [3.63, 3.8) is 0 Å². The smallest absolute Gasteiger partial charge is 0.296 e. The average Bonchev–Trinajstić information content (AvgIpc) is 3.48. The second kappa shape index (κ2) is 6.60. The lowest BCUT2D eigenvalue weighted by Crippen LogP contribution is -2.15. The molecule has 1 fully saturated rings. The number of ketones is 1. The second-order valence-electron chi connectivity index (χ2n) is 7.75. The Kier molecular flexibility index (Phi) is 3.98. The van der Waals surface area contributed by atoms with E-state index in [2.05, 4.69) is 26.7 Å². The van der Waals surface area contributed by atoms with Gasteiger partial charge in [0, 0.05) is 17.1 Å². The molecule has 9 heteroatoms. The third-order valence-electron chi connectivity index (χ3n) is 5.63. The Morgan fingerprint density at radius 3 is 2.81 bits per heavy atom. The van der Waals surface area contributed by atoms with Crippen molar-refractivity contribution < 1.29 is 14.4 Å². The van der Waals surface area contributed by atoms with Crippen molar-refractivity contribution in [2.75, 3.05) is 16.4 Å². The van der Waals surface area contributed by atoms with Gasteiger partial charge in [0.15, 0.2) is 0 Å². The molecule has 0 radical (unpaired) electrons. The lowest BCUT2D eigenvalue weighted by molar-refractivity contribution is -0.117. The summed E-state index contributed by atoms with van der Waals surface area (Å²) in [6.45, 7) is 1.85. The lowest BCUT2D eigenvalue weighted by Gasteiger charge is -2.11. The average molecular weight is 412 g/mol. The van der Waals surface area contributed by atoms with E-state index in [4.69, 9.17) is 11.0 Å². The van der Waals surface area contributed by atoms with E-state index < -0.39 is 11.7 Å². The van der Waals surface area contributed by atoms with Gasteiger partial charge in [-0.15, -0.1) is 0 Å². The first-order valence-electron chi connectivity index (χ1n) is 9.63. The summed E-state index contributed by atoms with van der Waals surface area (Å²) in [5, 5.41) is 15.5. The summed E-state index contributed by atoms with van der Waals surface area (Å²) in [4.78, 5) is 44.7. The van der Waals surface area contributed by atoms with Gasteiger partial charge in [-0.05, 0) is 48.6 Å². The summed E-state index contributed by atoms with van der Waals surface area (Å²) >= 11 is 0. The van der Waals surface area contributed by atoms with Gasteiger partial charge < -0.3 is 16.4 Å². The lowest BCUT2D eigenvalue weighted by atomic mass is 9.98. The van der Waals surface area contributed by atoms with Gasteiger partial charge in [-0.2, -0.15) is 5.26 Å². The molecule has 152 valence electrons. The fourth-order valence-corrected chi connectivity index (χ4v) is 3.80. The number of nitrogen functional groups attached to an aromatic ring is 1. The van der Waals surface area contributed by atoms with E-state index in [-0.39, 0.29) is 23.6 Å². The molecule has 1 aliphatic carbocycles. The van der Waals surface area contributed by atoms with Crippen molar-refractivity contribution >= 4 is 45.7 Å². The van der Waals surface area contributed by atoms with Crippen molar-refractivity contribution in [1.29, 1.82) is 5.26 Å². The Balaban J connectivity index is 1.54. The highest BCUT2D eigenvalue weighted by molar-refractivity contribution is 6.51. The monoisotopic (exact) mass is 412 g/mol. The van der Waals surface area contributed by atoms with Gasteiger partial charge in [-0.3, -0.25) is 14.4 Å². The summed E-state index contributed by atoms with van der Waals surface area (Å²) in [6, 6.07) is 8.94. The number of pyridine rings is 2.